The number of halogens is 1. The Morgan fingerprint density at radius 3 is 2.67 bits per heavy atom. The van der Waals surface area contributed by atoms with E-state index in [9.17, 15) is 5.11 Å². The van der Waals surface area contributed by atoms with Gasteiger partial charge in [0.25, 0.3) is 0 Å². The van der Waals surface area contributed by atoms with Gasteiger partial charge in [-0.3, -0.25) is 0 Å². The quantitative estimate of drug-likeness (QED) is 0.860. The van der Waals surface area contributed by atoms with Crippen LogP contribution in [0.25, 0.3) is 0 Å². The SMILES string of the molecule is OC(c1occc1Br)C1CCC2CCCCC2C1. The molecule has 4 unspecified atom stereocenters. The van der Waals surface area contributed by atoms with Crippen molar-refractivity contribution in [1.29, 1.82) is 0 Å². The molecule has 0 amide bonds. The number of rotatable bonds is 2. The van der Waals surface area contributed by atoms with Crippen LogP contribution in [0.1, 0.15) is 56.8 Å². The summed E-state index contributed by atoms with van der Waals surface area (Å²) in [7, 11) is 0. The molecule has 2 nitrogen and oxygen atoms in total. The number of aliphatic hydroxyl groups is 1. The highest BCUT2D eigenvalue weighted by Crippen LogP contribution is 2.46. The van der Waals surface area contributed by atoms with Gasteiger partial charge in [-0.05, 0) is 59.0 Å². The molecule has 0 spiro atoms. The van der Waals surface area contributed by atoms with Gasteiger partial charge in [0, 0.05) is 0 Å². The second kappa shape index (κ2) is 5.38. The minimum Gasteiger partial charge on any atom is -0.465 e. The van der Waals surface area contributed by atoms with E-state index in [1.165, 1.54) is 38.5 Å². The minimum absolute atomic E-state index is 0.381. The fourth-order valence-electron chi connectivity index (χ4n) is 3.93. The molecule has 0 radical (unpaired) electrons. The maximum absolute atomic E-state index is 10.5. The van der Waals surface area contributed by atoms with Gasteiger partial charge >= 0.3 is 0 Å². The zero-order valence-corrected chi connectivity index (χ0v) is 12.2. The second-order valence-electron chi connectivity index (χ2n) is 5.96. The molecule has 1 aromatic heterocycles. The number of hydrogen-bond donors (Lipinski definition) is 1. The molecule has 2 saturated carbocycles. The average Bonchev–Trinajstić information content (AvgIpc) is 2.83. The van der Waals surface area contributed by atoms with Crippen LogP contribution >= 0.6 is 15.9 Å². The van der Waals surface area contributed by atoms with E-state index in [1.54, 1.807) is 6.26 Å². The Labute approximate surface area is 117 Å². The van der Waals surface area contributed by atoms with Crippen molar-refractivity contribution in [2.45, 2.75) is 51.0 Å². The molecule has 0 bridgehead atoms. The lowest BCUT2D eigenvalue weighted by Gasteiger charge is -2.40. The lowest BCUT2D eigenvalue weighted by molar-refractivity contribution is 0.0224. The molecule has 2 aliphatic carbocycles. The molecule has 100 valence electrons. The lowest BCUT2D eigenvalue weighted by Crippen LogP contribution is -2.30. The van der Waals surface area contributed by atoms with Crippen LogP contribution in [0.4, 0.5) is 0 Å². The summed E-state index contributed by atoms with van der Waals surface area (Å²) in [5, 5.41) is 10.5. The first-order chi connectivity index (χ1) is 8.75. The van der Waals surface area contributed by atoms with Gasteiger partial charge in [0.2, 0.25) is 0 Å². The molecule has 1 aromatic rings. The van der Waals surface area contributed by atoms with Gasteiger partial charge in [-0.1, -0.05) is 25.7 Å². The molecule has 2 fully saturated rings. The fraction of sp³-hybridized carbons (Fsp3) is 0.733. The first-order valence-electron chi connectivity index (χ1n) is 7.16. The summed E-state index contributed by atoms with van der Waals surface area (Å²) >= 11 is 3.45. The van der Waals surface area contributed by atoms with Crippen molar-refractivity contribution < 1.29 is 9.52 Å². The van der Waals surface area contributed by atoms with E-state index in [0.717, 1.165) is 22.7 Å². The predicted octanol–water partition coefficient (Wildman–Crippen LogP) is 4.68. The Morgan fingerprint density at radius 1 is 1.17 bits per heavy atom. The molecule has 18 heavy (non-hydrogen) atoms. The van der Waals surface area contributed by atoms with Crippen LogP contribution in [0.3, 0.4) is 0 Å². The first kappa shape index (κ1) is 12.7. The molecule has 3 rings (SSSR count). The van der Waals surface area contributed by atoms with Gasteiger partial charge in [-0.15, -0.1) is 0 Å². The largest absolute Gasteiger partial charge is 0.465 e. The smallest absolute Gasteiger partial charge is 0.146 e. The van der Waals surface area contributed by atoms with Crippen LogP contribution in [0.2, 0.25) is 0 Å². The molecule has 0 saturated heterocycles. The second-order valence-corrected chi connectivity index (χ2v) is 6.81. The van der Waals surface area contributed by atoms with Crippen LogP contribution in [0.5, 0.6) is 0 Å². The lowest BCUT2D eigenvalue weighted by atomic mass is 9.66. The van der Waals surface area contributed by atoms with Crippen LogP contribution in [-0.2, 0) is 0 Å². The fourth-order valence-corrected chi connectivity index (χ4v) is 4.36. The minimum atomic E-state index is -0.433. The zero-order chi connectivity index (χ0) is 12.5. The number of furan rings is 1. The van der Waals surface area contributed by atoms with E-state index >= 15 is 0 Å². The van der Waals surface area contributed by atoms with E-state index in [2.05, 4.69) is 15.9 Å². The Kier molecular flexibility index (Phi) is 3.81. The number of fused-ring (bicyclic) bond motifs is 1. The average molecular weight is 313 g/mol. The molecule has 0 aromatic carbocycles. The van der Waals surface area contributed by atoms with Crippen molar-refractivity contribution >= 4 is 15.9 Å². The molecule has 0 aliphatic heterocycles. The maximum atomic E-state index is 10.5. The third kappa shape index (κ3) is 2.39. The molecule has 1 N–H and O–H groups in total. The highest BCUT2D eigenvalue weighted by atomic mass is 79.9. The van der Waals surface area contributed by atoms with Crippen molar-refractivity contribution in [1.82, 2.24) is 0 Å². The molecular weight excluding hydrogens is 292 g/mol. The summed E-state index contributed by atoms with van der Waals surface area (Å²) in [4.78, 5) is 0. The van der Waals surface area contributed by atoms with Crippen LogP contribution in [0, 0.1) is 17.8 Å². The summed E-state index contributed by atoms with van der Waals surface area (Å²) in [5.74, 6) is 2.88. The van der Waals surface area contributed by atoms with Gasteiger partial charge in [0.15, 0.2) is 0 Å². The Balaban J connectivity index is 1.68. The molecule has 3 heteroatoms. The number of hydrogen-bond acceptors (Lipinski definition) is 2. The van der Waals surface area contributed by atoms with Gasteiger partial charge in [-0.25, -0.2) is 0 Å². The van der Waals surface area contributed by atoms with E-state index in [0.29, 0.717) is 11.7 Å². The summed E-state index contributed by atoms with van der Waals surface area (Å²) in [6.07, 6.45) is 10.4. The highest BCUT2D eigenvalue weighted by molar-refractivity contribution is 9.10. The van der Waals surface area contributed by atoms with Crippen molar-refractivity contribution in [3.63, 3.8) is 0 Å². The predicted molar refractivity (Wildman–Crippen MR) is 74.2 cm³/mol. The highest BCUT2D eigenvalue weighted by Gasteiger charge is 2.36. The monoisotopic (exact) mass is 312 g/mol. The molecule has 2 aliphatic rings. The van der Waals surface area contributed by atoms with E-state index in [4.69, 9.17) is 4.42 Å². The summed E-state index contributed by atoms with van der Waals surface area (Å²) < 4.78 is 6.32. The van der Waals surface area contributed by atoms with Crippen LogP contribution in [0.15, 0.2) is 21.2 Å². The normalized spacial score (nSPS) is 34.0. The third-order valence-corrected chi connectivity index (χ3v) is 5.60. The van der Waals surface area contributed by atoms with Crippen LogP contribution in [-0.4, -0.2) is 5.11 Å². The molecule has 1 heterocycles. The van der Waals surface area contributed by atoms with Crippen molar-refractivity contribution in [2.75, 3.05) is 0 Å². The number of aliphatic hydroxyl groups excluding tert-OH is 1. The zero-order valence-electron chi connectivity index (χ0n) is 10.6. The van der Waals surface area contributed by atoms with Gasteiger partial charge in [0.1, 0.15) is 11.9 Å². The van der Waals surface area contributed by atoms with Crippen LogP contribution < -0.4 is 0 Å². The van der Waals surface area contributed by atoms with Crippen molar-refractivity contribution in [3.8, 4) is 0 Å². The van der Waals surface area contributed by atoms with Gasteiger partial charge in [-0.2, -0.15) is 0 Å². The van der Waals surface area contributed by atoms with E-state index in [1.807, 2.05) is 6.07 Å². The Morgan fingerprint density at radius 2 is 1.94 bits per heavy atom. The third-order valence-electron chi connectivity index (χ3n) is 4.94. The Hall–Kier alpha value is -0.280. The molecular formula is C15H21BrO2. The maximum Gasteiger partial charge on any atom is 0.146 e. The van der Waals surface area contributed by atoms with Gasteiger partial charge < -0.3 is 9.52 Å². The van der Waals surface area contributed by atoms with E-state index in [-0.39, 0.29) is 0 Å². The standard InChI is InChI=1S/C15H21BrO2/c16-13-7-8-18-15(13)14(17)12-6-5-10-3-1-2-4-11(10)9-12/h7-8,10-12,14,17H,1-6,9H2. The van der Waals surface area contributed by atoms with Crippen molar-refractivity contribution in [3.05, 3.63) is 22.6 Å². The summed E-state index contributed by atoms with van der Waals surface area (Å²) in [6.45, 7) is 0. The Bertz CT molecular complexity index is 401. The topological polar surface area (TPSA) is 33.4 Å². The van der Waals surface area contributed by atoms with Gasteiger partial charge in [0.05, 0.1) is 10.7 Å². The summed E-state index contributed by atoms with van der Waals surface area (Å²) in [6, 6.07) is 1.87. The molecule has 4 atom stereocenters. The van der Waals surface area contributed by atoms with E-state index < -0.39 is 6.10 Å². The van der Waals surface area contributed by atoms with Crippen molar-refractivity contribution in [2.24, 2.45) is 17.8 Å². The summed E-state index contributed by atoms with van der Waals surface area (Å²) in [5.41, 5.74) is 0. The first-order valence-corrected chi connectivity index (χ1v) is 7.96.